The van der Waals surface area contributed by atoms with Crippen molar-refractivity contribution < 1.29 is 17.9 Å². The Kier molecular flexibility index (Phi) is 7.29. The quantitative estimate of drug-likeness (QED) is 0.716. The highest BCUT2D eigenvalue weighted by Gasteiger charge is 2.29. The number of ether oxygens (including phenoxy) is 1. The number of sulfonamides is 1. The zero-order valence-corrected chi connectivity index (χ0v) is 17.2. The highest BCUT2D eigenvalue weighted by molar-refractivity contribution is 7.89. The van der Waals surface area contributed by atoms with Crippen molar-refractivity contribution in [3.63, 3.8) is 0 Å². The molecule has 2 aromatic carbocycles. The van der Waals surface area contributed by atoms with Gasteiger partial charge in [-0.15, -0.1) is 12.4 Å². The molecule has 0 aliphatic carbocycles. The van der Waals surface area contributed by atoms with E-state index in [2.05, 4.69) is 5.32 Å². The van der Waals surface area contributed by atoms with Crippen LogP contribution in [0.2, 0.25) is 0 Å². The molecule has 1 fully saturated rings. The molecule has 1 saturated heterocycles. The SMILES string of the molecule is COc1ccc(NC(=O)c2ccccc2N)cc1S(=O)(=O)N1CCCCC1.Cl. The fourth-order valence-electron chi connectivity index (χ4n) is 3.10. The summed E-state index contributed by atoms with van der Waals surface area (Å²) in [7, 11) is -2.28. The van der Waals surface area contributed by atoms with Crippen LogP contribution in [0.25, 0.3) is 0 Å². The maximum atomic E-state index is 13.0. The van der Waals surface area contributed by atoms with Crippen LogP contribution in [-0.2, 0) is 10.0 Å². The smallest absolute Gasteiger partial charge is 0.257 e. The van der Waals surface area contributed by atoms with Gasteiger partial charge in [-0.2, -0.15) is 4.31 Å². The number of benzene rings is 2. The summed E-state index contributed by atoms with van der Waals surface area (Å²) in [5.41, 5.74) is 6.87. The first-order valence-electron chi connectivity index (χ1n) is 8.77. The Morgan fingerprint density at radius 1 is 1.11 bits per heavy atom. The summed E-state index contributed by atoms with van der Waals surface area (Å²) in [6, 6.07) is 11.3. The minimum absolute atomic E-state index is 0. The molecule has 1 aliphatic rings. The Morgan fingerprint density at radius 2 is 1.79 bits per heavy atom. The number of halogens is 1. The van der Waals surface area contributed by atoms with E-state index in [1.54, 1.807) is 36.4 Å². The van der Waals surface area contributed by atoms with Crippen LogP contribution in [-0.4, -0.2) is 38.8 Å². The van der Waals surface area contributed by atoms with Crippen molar-refractivity contribution in [1.29, 1.82) is 0 Å². The molecule has 152 valence electrons. The van der Waals surface area contributed by atoms with E-state index in [0.29, 0.717) is 30.0 Å². The number of methoxy groups -OCH3 is 1. The van der Waals surface area contributed by atoms with Gasteiger partial charge >= 0.3 is 0 Å². The number of piperidine rings is 1. The molecule has 7 nitrogen and oxygen atoms in total. The highest BCUT2D eigenvalue weighted by atomic mass is 35.5. The Balaban J connectivity index is 0.00000280. The van der Waals surface area contributed by atoms with E-state index in [1.807, 2.05) is 0 Å². The van der Waals surface area contributed by atoms with Crippen LogP contribution < -0.4 is 15.8 Å². The van der Waals surface area contributed by atoms with Crippen molar-refractivity contribution in [3.8, 4) is 5.75 Å². The third-order valence-corrected chi connectivity index (χ3v) is 6.48. The molecule has 0 bridgehead atoms. The Bertz CT molecular complexity index is 944. The maximum Gasteiger partial charge on any atom is 0.257 e. The second-order valence-electron chi connectivity index (χ2n) is 6.37. The van der Waals surface area contributed by atoms with Gasteiger partial charge in [0.25, 0.3) is 5.91 Å². The molecule has 3 rings (SSSR count). The lowest BCUT2D eigenvalue weighted by Gasteiger charge is -2.26. The Hall–Kier alpha value is -2.29. The zero-order chi connectivity index (χ0) is 19.4. The van der Waals surface area contributed by atoms with E-state index >= 15 is 0 Å². The molecule has 0 atom stereocenters. The predicted molar refractivity (Wildman–Crippen MR) is 112 cm³/mol. The molecule has 1 heterocycles. The van der Waals surface area contributed by atoms with Gasteiger partial charge in [0.05, 0.1) is 12.7 Å². The molecule has 3 N–H and O–H groups in total. The summed E-state index contributed by atoms with van der Waals surface area (Å²) in [5.74, 6) is -0.155. The summed E-state index contributed by atoms with van der Waals surface area (Å²) in [5, 5.41) is 2.71. The Labute approximate surface area is 171 Å². The molecule has 0 radical (unpaired) electrons. The van der Waals surface area contributed by atoms with Crippen molar-refractivity contribution in [2.24, 2.45) is 0 Å². The number of hydrogen-bond donors (Lipinski definition) is 2. The van der Waals surface area contributed by atoms with Crippen LogP contribution in [0.5, 0.6) is 5.75 Å². The fourth-order valence-corrected chi connectivity index (χ4v) is 4.80. The molecule has 1 amide bonds. The van der Waals surface area contributed by atoms with Gasteiger partial charge in [-0.05, 0) is 43.2 Å². The van der Waals surface area contributed by atoms with E-state index in [0.717, 1.165) is 19.3 Å². The fraction of sp³-hybridized carbons (Fsp3) is 0.316. The first-order chi connectivity index (χ1) is 12.9. The molecular weight excluding hydrogens is 402 g/mol. The van der Waals surface area contributed by atoms with Gasteiger partial charge < -0.3 is 15.8 Å². The summed E-state index contributed by atoms with van der Waals surface area (Å²) < 4.78 is 32.8. The molecule has 28 heavy (non-hydrogen) atoms. The van der Waals surface area contributed by atoms with E-state index in [4.69, 9.17) is 10.5 Å². The number of hydrogen-bond acceptors (Lipinski definition) is 5. The first kappa shape index (κ1) is 22.0. The monoisotopic (exact) mass is 425 g/mol. The highest BCUT2D eigenvalue weighted by Crippen LogP contribution is 2.31. The summed E-state index contributed by atoms with van der Waals surface area (Å²) in [6.45, 7) is 0.977. The van der Waals surface area contributed by atoms with E-state index in [-0.39, 0.29) is 23.1 Å². The number of para-hydroxylation sites is 1. The summed E-state index contributed by atoms with van der Waals surface area (Å²) in [4.78, 5) is 12.5. The number of nitrogens with two attached hydrogens (primary N) is 1. The number of anilines is 2. The molecule has 0 spiro atoms. The molecular formula is C19H24ClN3O4S. The molecule has 2 aromatic rings. The predicted octanol–water partition coefficient (Wildman–Crippen LogP) is 3.13. The lowest BCUT2D eigenvalue weighted by atomic mass is 10.1. The summed E-state index contributed by atoms with van der Waals surface area (Å²) in [6.07, 6.45) is 2.70. The number of carbonyl (C=O) groups is 1. The van der Waals surface area contributed by atoms with Crippen molar-refractivity contribution in [2.75, 3.05) is 31.2 Å². The number of rotatable bonds is 5. The molecule has 1 aliphatic heterocycles. The lowest BCUT2D eigenvalue weighted by molar-refractivity contribution is 0.102. The van der Waals surface area contributed by atoms with E-state index in [9.17, 15) is 13.2 Å². The third-order valence-electron chi connectivity index (χ3n) is 4.56. The van der Waals surface area contributed by atoms with Crippen LogP contribution in [0, 0.1) is 0 Å². The first-order valence-corrected chi connectivity index (χ1v) is 10.2. The zero-order valence-electron chi connectivity index (χ0n) is 15.6. The van der Waals surface area contributed by atoms with Gasteiger partial charge in [0.15, 0.2) is 0 Å². The van der Waals surface area contributed by atoms with Crippen LogP contribution >= 0.6 is 12.4 Å². The second-order valence-corrected chi connectivity index (χ2v) is 8.28. The van der Waals surface area contributed by atoms with Gasteiger partial charge in [0.1, 0.15) is 10.6 Å². The van der Waals surface area contributed by atoms with Crippen LogP contribution in [0.4, 0.5) is 11.4 Å². The number of amides is 1. The van der Waals surface area contributed by atoms with Gasteiger partial charge in [0.2, 0.25) is 10.0 Å². The number of nitrogens with one attached hydrogen (secondary N) is 1. The second kappa shape index (κ2) is 9.27. The largest absolute Gasteiger partial charge is 0.495 e. The van der Waals surface area contributed by atoms with Gasteiger partial charge in [-0.1, -0.05) is 18.6 Å². The van der Waals surface area contributed by atoms with Crippen LogP contribution in [0.15, 0.2) is 47.4 Å². The molecule has 0 saturated carbocycles. The average molecular weight is 426 g/mol. The number of carbonyl (C=O) groups excluding carboxylic acids is 1. The van der Waals surface area contributed by atoms with Crippen molar-refractivity contribution in [2.45, 2.75) is 24.2 Å². The molecule has 9 heteroatoms. The number of nitrogens with zero attached hydrogens (tertiary/aromatic N) is 1. The van der Waals surface area contributed by atoms with Crippen molar-refractivity contribution in [1.82, 2.24) is 4.31 Å². The van der Waals surface area contributed by atoms with Gasteiger partial charge in [0, 0.05) is 24.5 Å². The van der Waals surface area contributed by atoms with Crippen molar-refractivity contribution >= 4 is 39.7 Å². The van der Waals surface area contributed by atoms with E-state index < -0.39 is 15.9 Å². The van der Waals surface area contributed by atoms with Crippen LogP contribution in [0.1, 0.15) is 29.6 Å². The van der Waals surface area contributed by atoms with Crippen molar-refractivity contribution in [3.05, 3.63) is 48.0 Å². The lowest BCUT2D eigenvalue weighted by Crippen LogP contribution is -2.35. The normalized spacial score (nSPS) is 14.8. The van der Waals surface area contributed by atoms with Crippen LogP contribution in [0.3, 0.4) is 0 Å². The molecule has 0 aromatic heterocycles. The minimum Gasteiger partial charge on any atom is -0.495 e. The topological polar surface area (TPSA) is 102 Å². The average Bonchev–Trinajstić information content (AvgIpc) is 2.69. The van der Waals surface area contributed by atoms with E-state index in [1.165, 1.54) is 17.5 Å². The third kappa shape index (κ3) is 4.57. The maximum absolute atomic E-state index is 13.0. The van der Waals surface area contributed by atoms with Gasteiger partial charge in [-0.25, -0.2) is 8.42 Å². The minimum atomic E-state index is -3.70. The molecule has 0 unspecified atom stereocenters. The standard InChI is InChI=1S/C19H23N3O4S.ClH/c1-26-17-10-9-14(21-19(23)15-7-3-4-8-16(15)20)13-18(17)27(24,25)22-11-5-2-6-12-22;/h3-4,7-10,13H,2,5-6,11-12,20H2,1H3,(H,21,23);1H. The number of nitrogen functional groups attached to an aromatic ring is 1. The van der Waals surface area contributed by atoms with Gasteiger partial charge in [-0.3, -0.25) is 4.79 Å². The summed E-state index contributed by atoms with van der Waals surface area (Å²) >= 11 is 0. The Morgan fingerprint density at radius 3 is 2.43 bits per heavy atom.